The quantitative estimate of drug-likeness (QED) is 0.154. The average Bonchev–Trinajstić information content (AvgIpc) is 1.67. The van der Waals surface area contributed by atoms with Crippen LogP contribution in [0.5, 0.6) is 0 Å². The number of rotatable bonds is 6. The van der Waals surface area contributed by atoms with E-state index in [0.29, 0.717) is 83.4 Å². The molecule has 0 aliphatic carbocycles. The lowest BCUT2D eigenvalue weighted by Crippen LogP contribution is -2.31. The van der Waals surface area contributed by atoms with Crippen LogP contribution in [0.25, 0.3) is 133 Å². The minimum atomic E-state index is -2.35. The van der Waals surface area contributed by atoms with Crippen LogP contribution < -0.4 is 13.7 Å². The Morgan fingerprint density at radius 1 is 0.341 bits per heavy atom. The highest BCUT2D eigenvalue weighted by Gasteiger charge is 2.27. The number of benzene rings is 6. The molecule has 9 nitrogen and oxygen atoms in total. The molecule has 9 aromatic heterocycles. The number of aryl methyl sites for hydroxylation is 10. The second-order valence-electron chi connectivity index (χ2n) is 21.4. The topological polar surface area (TPSA) is 89.7 Å². The maximum absolute atomic E-state index is 8.13. The van der Waals surface area contributed by atoms with E-state index in [4.69, 9.17) is 29.7 Å². The molecule has 0 aliphatic rings. The van der Waals surface area contributed by atoms with Gasteiger partial charge in [0.25, 0.3) is 0 Å². The van der Waals surface area contributed by atoms with Crippen molar-refractivity contribution in [2.24, 2.45) is 21.1 Å². The summed E-state index contributed by atoms with van der Waals surface area (Å²) in [7, 11) is 5.63. The standard InChI is InChI=1S/C26H23N2O.2C25H21N2O/c1-16-13-17(2)24(25-23(16)20-11-8-12-27-26(20)29-25)22-14-21(18(3)15-28(22)4)19-9-6-5-7-10-19;1-16-11-12-19-20-10-7-13-26-25(20)28-24(19)23(16)22-14-21(17(2)15-27(22)3)18-8-5-4-6-9-18;1-16-14-17(2)23(24-22(16)20-10-7-12-26-25(20)28-24)21-15-19(11-13-27(21)3)18-8-5-4-6-9-18/h5-15H,1-4H3;2*4-15H,1-3H3/q3*+1/i1D3,3D3;2D3;1D3. The predicted molar refractivity (Wildman–Crippen MR) is 344 cm³/mol. The third kappa shape index (κ3) is 9.77. The summed E-state index contributed by atoms with van der Waals surface area (Å²) in [4.78, 5) is 13.0. The molecule has 0 unspecified atom stereocenters. The predicted octanol–water partition coefficient (Wildman–Crippen LogP) is 17.6. The number of hydrogen-bond donors (Lipinski definition) is 0. The van der Waals surface area contributed by atoms with E-state index in [2.05, 4.69) is 51.4 Å². The summed E-state index contributed by atoms with van der Waals surface area (Å²) in [5.41, 5.74) is 16.9. The van der Waals surface area contributed by atoms with Gasteiger partial charge in [0, 0.05) is 103 Å². The fourth-order valence-corrected chi connectivity index (χ4v) is 11.7. The second kappa shape index (κ2) is 22.1. The Kier molecular flexibility index (Phi) is 10.8. The van der Waals surface area contributed by atoms with Crippen molar-refractivity contribution >= 4 is 66.2 Å². The highest BCUT2D eigenvalue weighted by molar-refractivity contribution is 6.12. The van der Waals surface area contributed by atoms with Crippen molar-refractivity contribution in [2.75, 3.05) is 0 Å². The van der Waals surface area contributed by atoms with Crippen LogP contribution in [0.15, 0.2) is 226 Å². The van der Waals surface area contributed by atoms with Gasteiger partial charge in [-0.05, 0) is 146 Å². The van der Waals surface area contributed by atoms with E-state index in [-0.39, 0.29) is 16.7 Å². The summed E-state index contributed by atoms with van der Waals surface area (Å²) in [5, 5.41) is 4.39. The van der Waals surface area contributed by atoms with E-state index < -0.39 is 27.4 Å². The molecule has 0 fully saturated rings. The molecule has 6 aromatic carbocycles. The van der Waals surface area contributed by atoms with Gasteiger partial charge in [-0.25, -0.2) is 28.7 Å². The maximum Gasteiger partial charge on any atom is 0.227 e. The fraction of sp³-hybridized carbons (Fsp3) is 0.132. The number of pyridine rings is 6. The Labute approximate surface area is 511 Å². The van der Waals surface area contributed by atoms with Gasteiger partial charge < -0.3 is 13.3 Å². The number of furan rings is 3. The number of aromatic nitrogens is 6. The van der Waals surface area contributed by atoms with E-state index >= 15 is 0 Å². The molecule has 85 heavy (non-hydrogen) atoms. The normalized spacial score (nSPS) is 14.1. The lowest BCUT2D eigenvalue weighted by atomic mass is 9.94. The first kappa shape index (κ1) is 41.6. The largest absolute Gasteiger partial charge is 0.437 e. The summed E-state index contributed by atoms with van der Waals surface area (Å²) in [5.74, 6) is 0. The van der Waals surface area contributed by atoms with Crippen molar-refractivity contribution in [1.82, 2.24) is 15.0 Å². The van der Waals surface area contributed by atoms with E-state index in [1.54, 1.807) is 72.9 Å². The first-order valence-electron chi connectivity index (χ1n) is 33.8. The van der Waals surface area contributed by atoms with Crippen LogP contribution in [0.3, 0.4) is 0 Å². The fourth-order valence-electron chi connectivity index (χ4n) is 11.7. The summed E-state index contributed by atoms with van der Waals surface area (Å²) in [6, 6.07) is 55.8. The van der Waals surface area contributed by atoms with Gasteiger partial charge >= 0.3 is 0 Å². The summed E-state index contributed by atoms with van der Waals surface area (Å²) >= 11 is 0. The minimum Gasteiger partial charge on any atom is -0.437 e. The lowest BCUT2D eigenvalue weighted by molar-refractivity contribution is -0.660. The summed E-state index contributed by atoms with van der Waals surface area (Å²) < 4.78 is 121. The molecule has 0 saturated carbocycles. The van der Waals surface area contributed by atoms with Gasteiger partial charge in [0.2, 0.25) is 34.2 Å². The third-order valence-electron chi connectivity index (χ3n) is 15.8. The van der Waals surface area contributed by atoms with E-state index in [1.165, 1.54) is 0 Å². The van der Waals surface area contributed by atoms with Crippen molar-refractivity contribution < 1.29 is 43.4 Å². The van der Waals surface area contributed by atoms with Crippen LogP contribution in [0.2, 0.25) is 0 Å². The molecule has 0 radical (unpaired) electrons. The summed E-state index contributed by atoms with van der Waals surface area (Å²) in [6.45, 7) is -3.36. The molecule has 15 aromatic rings. The van der Waals surface area contributed by atoms with Crippen LogP contribution in [0.1, 0.15) is 55.4 Å². The van der Waals surface area contributed by atoms with Crippen LogP contribution in [-0.2, 0) is 21.1 Å². The van der Waals surface area contributed by atoms with Crippen LogP contribution in [0, 0.1) is 48.2 Å². The molecule has 0 saturated heterocycles. The molecule has 0 bridgehead atoms. The van der Waals surface area contributed by atoms with E-state index in [9.17, 15) is 0 Å². The van der Waals surface area contributed by atoms with Gasteiger partial charge in [0.15, 0.2) is 35.3 Å². The van der Waals surface area contributed by atoms with Gasteiger partial charge in [-0.3, -0.25) is 0 Å². The number of nitrogens with zero attached hydrogens (tertiary/aromatic N) is 6. The molecular formula is C76H65N6O3+3. The van der Waals surface area contributed by atoms with Gasteiger partial charge in [0.05, 0.1) is 16.7 Å². The Bertz CT molecular complexity index is 5550. The first-order valence-corrected chi connectivity index (χ1v) is 27.8. The number of hydrogen-bond acceptors (Lipinski definition) is 6. The molecule has 0 atom stereocenters. The molecule has 0 aliphatic heterocycles. The molecule has 0 amide bonds. The highest BCUT2D eigenvalue weighted by Crippen LogP contribution is 2.42. The monoisotopic (exact) mass is 1120 g/mol. The zero-order valence-electron chi connectivity index (χ0n) is 59.6. The molecule has 15 rings (SSSR count). The Morgan fingerprint density at radius 2 is 0.765 bits per heavy atom. The SMILES string of the molecule is [2H]C([2H])([2H])c1c[n+](C)c(-c2c(C)cc(C([2H])([2H])[2H])c3c2oc2ncccc23)cc1-c1ccccc1.[2H]C([2H])([2H])c1c[n+](C)c(-c2c(C)ccc3c2oc2ncccc23)cc1-c1ccccc1.[2H]C([2H])([2H])c1cc(C)c(-c2cc(-c3ccccc3)cc[n+]2C)c2oc3ncccc3c12. The molecular weight excluding hydrogens is 1040 g/mol. The lowest BCUT2D eigenvalue weighted by Gasteiger charge is -2.11. The second-order valence-corrected chi connectivity index (χ2v) is 21.4. The number of fused-ring (bicyclic) bond motifs is 9. The Morgan fingerprint density at radius 3 is 1.25 bits per heavy atom. The third-order valence-corrected chi connectivity index (χ3v) is 15.8. The van der Waals surface area contributed by atoms with Gasteiger partial charge in [-0.15, -0.1) is 0 Å². The van der Waals surface area contributed by atoms with Crippen molar-refractivity contribution in [3.8, 4) is 67.2 Å². The molecule has 414 valence electrons. The molecule has 0 spiro atoms. The smallest absolute Gasteiger partial charge is 0.227 e. The van der Waals surface area contributed by atoms with Gasteiger partial charge in [-0.2, -0.15) is 0 Å². The van der Waals surface area contributed by atoms with Crippen LogP contribution >= 0.6 is 0 Å². The van der Waals surface area contributed by atoms with E-state index in [1.807, 2.05) is 159 Å². The summed E-state index contributed by atoms with van der Waals surface area (Å²) in [6.07, 6.45) is 10.3. The average molecular weight is 1120 g/mol. The Hall–Kier alpha value is -10.4. The molecule has 9 heteroatoms. The highest BCUT2D eigenvalue weighted by atomic mass is 16.3. The van der Waals surface area contributed by atoms with Crippen molar-refractivity contribution in [1.29, 1.82) is 0 Å². The van der Waals surface area contributed by atoms with Crippen molar-refractivity contribution in [3.05, 3.63) is 252 Å². The Balaban J connectivity index is 0.000000132. The van der Waals surface area contributed by atoms with E-state index in [0.717, 1.165) is 72.3 Å². The first-order chi connectivity index (χ1) is 46.1. The van der Waals surface area contributed by atoms with Crippen LogP contribution in [-0.4, -0.2) is 15.0 Å². The van der Waals surface area contributed by atoms with Gasteiger partial charge in [-0.1, -0.05) is 115 Å². The zero-order valence-corrected chi connectivity index (χ0v) is 47.6. The molecule has 0 N–H and O–H groups in total. The maximum atomic E-state index is 8.13. The van der Waals surface area contributed by atoms with Crippen molar-refractivity contribution in [3.63, 3.8) is 0 Å². The zero-order chi connectivity index (χ0) is 68.6. The van der Waals surface area contributed by atoms with Crippen LogP contribution in [0.4, 0.5) is 0 Å². The minimum absolute atomic E-state index is 0.200. The van der Waals surface area contributed by atoms with Crippen molar-refractivity contribution in [2.45, 2.75) is 48.2 Å². The molecule has 9 heterocycles. The van der Waals surface area contributed by atoms with Gasteiger partial charge in [0.1, 0.15) is 21.1 Å².